The Balaban J connectivity index is 1.87. The topological polar surface area (TPSA) is 63.3 Å². The summed E-state index contributed by atoms with van der Waals surface area (Å²) in [5, 5.41) is 2.93. The van der Waals surface area contributed by atoms with E-state index in [4.69, 9.17) is 5.73 Å². The number of nitrogens with zero attached hydrogens (tertiary/aromatic N) is 2. The van der Waals surface area contributed by atoms with Gasteiger partial charge < -0.3 is 20.5 Å². The van der Waals surface area contributed by atoms with Gasteiger partial charge in [-0.05, 0) is 25.1 Å². The van der Waals surface area contributed by atoms with Crippen LogP contribution in [0.4, 0.5) is 11.4 Å². The van der Waals surface area contributed by atoms with Crippen LogP contribution in [-0.2, 0) is 6.54 Å². The standard InChI is InChI=1S/C16H22N4O/c1-3-20-12-13(17)11-15(20)16(21)18-9-10-19(2)14-7-5-4-6-8-14/h4-8,11-12H,3,9-10,17H2,1-2H3,(H,18,21). The van der Waals surface area contributed by atoms with Crippen molar-refractivity contribution >= 4 is 17.3 Å². The molecule has 5 nitrogen and oxygen atoms in total. The van der Waals surface area contributed by atoms with Crippen molar-refractivity contribution in [2.24, 2.45) is 0 Å². The van der Waals surface area contributed by atoms with Gasteiger partial charge >= 0.3 is 0 Å². The smallest absolute Gasteiger partial charge is 0.268 e. The summed E-state index contributed by atoms with van der Waals surface area (Å²) in [6.07, 6.45) is 1.78. The van der Waals surface area contributed by atoms with E-state index in [0.717, 1.165) is 18.8 Å². The SMILES string of the molecule is CCn1cc(N)cc1C(=O)NCCN(C)c1ccccc1. The van der Waals surface area contributed by atoms with Crippen LogP contribution in [0.3, 0.4) is 0 Å². The van der Waals surface area contributed by atoms with E-state index in [2.05, 4.69) is 10.2 Å². The lowest BCUT2D eigenvalue weighted by Crippen LogP contribution is -2.33. The van der Waals surface area contributed by atoms with E-state index in [1.165, 1.54) is 0 Å². The molecule has 0 atom stereocenters. The van der Waals surface area contributed by atoms with Crippen LogP contribution in [0.15, 0.2) is 42.6 Å². The zero-order valence-corrected chi connectivity index (χ0v) is 12.5. The maximum atomic E-state index is 12.1. The van der Waals surface area contributed by atoms with Gasteiger partial charge in [-0.2, -0.15) is 0 Å². The number of aromatic nitrogens is 1. The average Bonchev–Trinajstić information content (AvgIpc) is 2.89. The fraction of sp³-hybridized carbons (Fsp3) is 0.312. The van der Waals surface area contributed by atoms with E-state index in [1.807, 2.05) is 48.9 Å². The van der Waals surface area contributed by atoms with Crippen molar-refractivity contribution in [3.05, 3.63) is 48.3 Å². The molecule has 1 amide bonds. The molecule has 0 bridgehead atoms. The van der Waals surface area contributed by atoms with Crippen LogP contribution in [0.2, 0.25) is 0 Å². The molecule has 1 heterocycles. The number of nitrogen functional groups attached to an aromatic ring is 1. The molecular weight excluding hydrogens is 264 g/mol. The molecule has 0 aliphatic carbocycles. The van der Waals surface area contributed by atoms with Gasteiger partial charge in [-0.25, -0.2) is 0 Å². The second kappa shape index (κ2) is 6.83. The number of carbonyl (C=O) groups excluding carboxylic acids is 1. The Morgan fingerprint density at radius 3 is 2.71 bits per heavy atom. The molecule has 21 heavy (non-hydrogen) atoms. The first-order chi connectivity index (χ1) is 10.1. The largest absolute Gasteiger partial charge is 0.397 e. The Labute approximate surface area is 125 Å². The van der Waals surface area contributed by atoms with Crippen LogP contribution in [0.25, 0.3) is 0 Å². The van der Waals surface area contributed by atoms with Gasteiger partial charge in [0.05, 0.1) is 5.69 Å². The maximum absolute atomic E-state index is 12.1. The molecule has 1 aromatic carbocycles. The van der Waals surface area contributed by atoms with Gasteiger partial charge in [-0.15, -0.1) is 0 Å². The monoisotopic (exact) mass is 286 g/mol. The van der Waals surface area contributed by atoms with Crippen molar-refractivity contribution in [3.8, 4) is 0 Å². The number of hydrogen-bond acceptors (Lipinski definition) is 3. The normalized spacial score (nSPS) is 10.4. The summed E-state index contributed by atoms with van der Waals surface area (Å²) < 4.78 is 1.85. The highest BCUT2D eigenvalue weighted by Crippen LogP contribution is 2.11. The summed E-state index contributed by atoms with van der Waals surface area (Å²) in [6.45, 7) is 4.04. The molecule has 3 N–H and O–H groups in total. The van der Waals surface area contributed by atoms with E-state index in [-0.39, 0.29) is 5.91 Å². The Morgan fingerprint density at radius 1 is 1.33 bits per heavy atom. The van der Waals surface area contributed by atoms with E-state index in [1.54, 1.807) is 12.3 Å². The van der Waals surface area contributed by atoms with Gasteiger partial charge in [-0.3, -0.25) is 4.79 Å². The number of nitrogens with two attached hydrogens (primary N) is 1. The lowest BCUT2D eigenvalue weighted by Gasteiger charge is -2.19. The van der Waals surface area contributed by atoms with Crippen molar-refractivity contribution < 1.29 is 4.79 Å². The molecule has 0 spiro atoms. The van der Waals surface area contributed by atoms with Crippen LogP contribution in [0.1, 0.15) is 17.4 Å². The van der Waals surface area contributed by atoms with Gasteiger partial charge in [0, 0.05) is 38.6 Å². The molecule has 112 valence electrons. The molecule has 0 fully saturated rings. The molecule has 0 radical (unpaired) electrons. The molecule has 0 aliphatic heterocycles. The van der Waals surface area contributed by atoms with E-state index in [0.29, 0.717) is 17.9 Å². The summed E-state index contributed by atoms with van der Waals surface area (Å²) in [7, 11) is 2.01. The van der Waals surface area contributed by atoms with Crippen molar-refractivity contribution in [2.75, 3.05) is 30.8 Å². The zero-order valence-electron chi connectivity index (χ0n) is 12.5. The molecule has 0 unspecified atom stereocenters. The Kier molecular flexibility index (Phi) is 4.87. The summed E-state index contributed by atoms with van der Waals surface area (Å²) in [5.41, 5.74) is 8.09. The quantitative estimate of drug-likeness (QED) is 0.853. The van der Waals surface area contributed by atoms with Crippen molar-refractivity contribution in [1.82, 2.24) is 9.88 Å². The number of carbonyl (C=O) groups is 1. The Morgan fingerprint density at radius 2 is 2.05 bits per heavy atom. The van der Waals surface area contributed by atoms with Gasteiger partial charge in [0.1, 0.15) is 5.69 Å². The van der Waals surface area contributed by atoms with Crippen molar-refractivity contribution in [2.45, 2.75) is 13.5 Å². The molecule has 5 heteroatoms. The number of anilines is 2. The highest BCUT2D eigenvalue weighted by atomic mass is 16.1. The molecule has 0 aliphatic rings. The fourth-order valence-corrected chi connectivity index (χ4v) is 2.22. The third-order valence-corrected chi connectivity index (χ3v) is 3.42. The molecular formula is C16H22N4O. The number of benzene rings is 1. The van der Waals surface area contributed by atoms with Crippen LogP contribution < -0.4 is 16.0 Å². The highest BCUT2D eigenvalue weighted by molar-refractivity contribution is 5.93. The van der Waals surface area contributed by atoms with Gasteiger partial charge in [-0.1, -0.05) is 18.2 Å². The second-order valence-corrected chi connectivity index (χ2v) is 4.96. The lowest BCUT2D eigenvalue weighted by molar-refractivity contribution is 0.0945. The first-order valence-electron chi connectivity index (χ1n) is 7.12. The third-order valence-electron chi connectivity index (χ3n) is 3.42. The number of likely N-dealkylation sites (N-methyl/N-ethyl adjacent to an activating group) is 1. The second-order valence-electron chi connectivity index (χ2n) is 4.96. The van der Waals surface area contributed by atoms with Gasteiger partial charge in [0.25, 0.3) is 5.91 Å². The molecule has 2 rings (SSSR count). The van der Waals surface area contributed by atoms with Crippen LogP contribution in [0, 0.1) is 0 Å². The summed E-state index contributed by atoms with van der Waals surface area (Å²) >= 11 is 0. The Bertz CT molecular complexity index is 592. The average molecular weight is 286 g/mol. The highest BCUT2D eigenvalue weighted by Gasteiger charge is 2.11. The zero-order chi connectivity index (χ0) is 15.2. The van der Waals surface area contributed by atoms with E-state index in [9.17, 15) is 4.79 Å². The van der Waals surface area contributed by atoms with Crippen LogP contribution >= 0.6 is 0 Å². The van der Waals surface area contributed by atoms with E-state index < -0.39 is 0 Å². The number of para-hydroxylation sites is 1. The minimum absolute atomic E-state index is 0.0880. The third kappa shape index (κ3) is 3.78. The summed E-state index contributed by atoms with van der Waals surface area (Å²) in [4.78, 5) is 14.3. The first kappa shape index (κ1) is 15.0. The Hall–Kier alpha value is -2.43. The van der Waals surface area contributed by atoms with Crippen LogP contribution in [0.5, 0.6) is 0 Å². The number of hydrogen-bond donors (Lipinski definition) is 2. The van der Waals surface area contributed by atoms with Gasteiger partial charge in [0.2, 0.25) is 0 Å². The minimum Gasteiger partial charge on any atom is -0.397 e. The fourth-order valence-electron chi connectivity index (χ4n) is 2.22. The number of rotatable bonds is 6. The predicted octanol–water partition coefficient (Wildman–Crippen LogP) is 1.96. The number of aryl methyl sites for hydroxylation is 1. The molecule has 1 aromatic heterocycles. The number of nitrogens with one attached hydrogen (secondary N) is 1. The van der Waals surface area contributed by atoms with Crippen molar-refractivity contribution in [1.29, 1.82) is 0 Å². The molecule has 0 saturated carbocycles. The summed E-state index contributed by atoms with van der Waals surface area (Å²) in [6, 6.07) is 11.8. The minimum atomic E-state index is -0.0880. The molecule has 2 aromatic rings. The van der Waals surface area contributed by atoms with E-state index >= 15 is 0 Å². The maximum Gasteiger partial charge on any atom is 0.268 e. The van der Waals surface area contributed by atoms with Crippen molar-refractivity contribution in [3.63, 3.8) is 0 Å². The van der Waals surface area contributed by atoms with Crippen LogP contribution in [-0.4, -0.2) is 30.6 Å². The molecule has 0 saturated heterocycles. The predicted molar refractivity (Wildman–Crippen MR) is 86.6 cm³/mol. The van der Waals surface area contributed by atoms with Gasteiger partial charge in [0.15, 0.2) is 0 Å². The number of amides is 1. The lowest BCUT2D eigenvalue weighted by atomic mass is 10.3. The first-order valence-corrected chi connectivity index (χ1v) is 7.12. The summed E-state index contributed by atoms with van der Waals surface area (Å²) in [5.74, 6) is -0.0880.